The van der Waals surface area contributed by atoms with Crippen LogP contribution in [0.2, 0.25) is 0 Å². The maximum atomic E-state index is 6.12. The number of aromatic nitrogens is 2. The Labute approximate surface area is 136 Å². The number of rotatable bonds is 3. The van der Waals surface area contributed by atoms with Crippen molar-refractivity contribution < 1.29 is 9.31 Å². The van der Waals surface area contributed by atoms with Crippen LogP contribution in [0.5, 0.6) is 0 Å². The standard InChI is InChI=1S/C16H21BN2O2S/c1-15(2)16(3,4)21-17(20-15)13(10-22)8-11-6-5-7-12-9-18-19-14(11)12/h5-9,22H,10H2,1-4H3,(H,18,19). The SMILES string of the molecule is CC1(C)OB(C(=Cc2cccc3cn[nH]c23)CS)OC1(C)C. The molecule has 2 heterocycles. The van der Waals surface area contributed by atoms with E-state index in [1.165, 1.54) is 0 Å². The third-order valence-corrected chi connectivity index (χ3v) is 4.95. The quantitative estimate of drug-likeness (QED) is 0.673. The van der Waals surface area contributed by atoms with Gasteiger partial charge in [0.2, 0.25) is 0 Å². The number of H-pyrrole nitrogens is 1. The van der Waals surface area contributed by atoms with Crippen LogP contribution >= 0.6 is 12.6 Å². The number of fused-ring (bicyclic) bond motifs is 1. The molecule has 1 fully saturated rings. The minimum Gasteiger partial charge on any atom is -0.400 e. The van der Waals surface area contributed by atoms with Gasteiger partial charge in [0.15, 0.2) is 0 Å². The van der Waals surface area contributed by atoms with Crippen LogP contribution in [0.3, 0.4) is 0 Å². The third kappa shape index (κ3) is 2.60. The molecular formula is C16H21BN2O2S. The monoisotopic (exact) mass is 316 g/mol. The minimum absolute atomic E-state index is 0.348. The van der Waals surface area contributed by atoms with Crippen molar-refractivity contribution in [2.75, 3.05) is 5.75 Å². The summed E-state index contributed by atoms with van der Waals surface area (Å²) in [6.07, 6.45) is 3.90. The highest BCUT2D eigenvalue weighted by molar-refractivity contribution is 7.80. The lowest BCUT2D eigenvalue weighted by molar-refractivity contribution is 0.00578. The second-order valence-corrected chi connectivity index (χ2v) is 6.96. The predicted molar refractivity (Wildman–Crippen MR) is 94.0 cm³/mol. The van der Waals surface area contributed by atoms with Crippen molar-refractivity contribution in [3.05, 3.63) is 35.4 Å². The van der Waals surface area contributed by atoms with Gasteiger partial charge in [-0.05, 0) is 38.7 Å². The summed E-state index contributed by atoms with van der Waals surface area (Å²) in [5.41, 5.74) is 2.38. The molecule has 1 saturated heterocycles. The van der Waals surface area contributed by atoms with Crippen molar-refractivity contribution in [2.24, 2.45) is 0 Å². The van der Waals surface area contributed by atoms with Gasteiger partial charge < -0.3 is 9.31 Å². The Morgan fingerprint density at radius 2 is 1.95 bits per heavy atom. The summed E-state index contributed by atoms with van der Waals surface area (Å²) in [6.45, 7) is 8.22. The third-order valence-electron chi connectivity index (χ3n) is 4.59. The summed E-state index contributed by atoms with van der Waals surface area (Å²) in [7, 11) is -0.374. The van der Waals surface area contributed by atoms with Gasteiger partial charge in [0.1, 0.15) is 0 Å². The molecule has 1 aliphatic heterocycles. The summed E-state index contributed by atoms with van der Waals surface area (Å²) >= 11 is 4.46. The molecule has 1 N–H and O–H groups in total. The molecule has 1 aliphatic rings. The van der Waals surface area contributed by atoms with Crippen LogP contribution in [-0.4, -0.2) is 34.3 Å². The first-order chi connectivity index (χ1) is 10.3. The maximum Gasteiger partial charge on any atom is 0.491 e. The Morgan fingerprint density at radius 1 is 1.27 bits per heavy atom. The van der Waals surface area contributed by atoms with Crippen molar-refractivity contribution in [3.8, 4) is 0 Å². The van der Waals surface area contributed by atoms with Gasteiger partial charge in [-0.15, -0.1) is 0 Å². The first-order valence-electron chi connectivity index (χ1n) is 7.43. The normalized spacial score (nSPS) is 20.8. The zero-order chi connectivity index (χ0) is 16.0. The number of thiol groups is 1. The molecular weight excluding hydrogens is 295 g/mol. The summed E-state index contributed by atoms with van der Waals surface area (Å²) in [5.74, 6) is 0.571. The molecule has 0 saturated carbocycles. The fourth-order valence-electron chi connectivity index (χ4n) is 2.49. The zero-order valence-corrected chi connectivity index (χ0v) is 14.3. The van der Waals surface area contributed by atoms with Gasteiger partial charge in [0.25, 0.3) is 0 Å². The lowest BCUT2D eigenvalue weighted by atomic mass is 9.78. The Morgan fingerprint density at radius 3 is 2.59 bits per heavy atom. The Balaban J connectivity index is 1.97. The average molecular weight is 316 g/mol. The second kappa shape index (κ2) is 5.44. The molecule has 0 bridgehead atoms. The molecule has 0 amide bonds. The molecule has 0 unspecified atom stereocenters. The van der Waals surface area contributed by atoms with E-state index in [1.54, 1.807) is 0 Å². The van der Waals surface area contributed by atoms with E-state index in [1.807, 2.05) is 18.3 Å². The summed E-state index contributed by atoms with van der Waals surface area (Å²) < 4.78 is 12.2. The molecule has 2 aromatic rings. The number of aromatic amines is 1. The van der Waals surface area contributed by atoms with E-state index < -0.39 is 0 Å². The van der Waals surface area contributed by atoms with Crippen LogP contribution in [0.25, 0.3) is 17.0 Å². The second-order valence-electron chi connectivity index (χ2n) is 6.65. The molecule has 1 aromatic carbocycles. The van der Waals surface area contributed by atoms with Crippen LogP contribution in [-0.2, 0) is 9.31 Å². The van der Waals surface area contributed by atoms with Crippen LogP contribution < -0.4 is 0 Å². The molecule has 1 aromatic heterocycles. The maximum absolute atomic E-state index is 6.12. The van der Waals surface area contributed by atoms with Gasteiger partial charge in [-0.25, -0.2) is 0 Å². The first-order valence-corrected chi connectivity index (χ1v) is 8.06. The van der Waals surface area contributed by atoms with Crippen LogP contribution in [0.1, 0.15) is 33.3 Å². The van der Waals surface area contributed by atoms with Gasteiger partial charge in [-0.2, -0.15) is 17.7 Å². The number of nitrogens with zero attached hydrogens (tertiary/aromatic N) is 1. The van der Waals surface area contributed by atoms with Crippen molar-refractivity contribution in [1.82, 2.24) is 10.2 Å². The number of para-hydroxylation sites is 1. The molecule has 0 atom stereocenters. The van der Waals surface area contributed by atoms with Crippen LogP contribution in [0.4, 0.5) is 0 Å². The van der Waals surface area contributed by atoms with Gasteiger partial charge in [-0.1, -0.05) is 24.3 Å². The van der Waals surface area contributed by atoms with Gasteiger partial charge in [-0.3, -0.25) is 5.10 Å². The molecule has 0 radical (unpaired) electrons. The molecule has 3 rings (SSSR count). The van der Waals surface area contributed by atoms with E-state index in [0.717, 1.165) is 21.9 Å². The Hall–Kier alpha value is -1.24. The highest BCUT2D eigenvalue weighted by Gasteiger charge is 2.52. The Bertz CT molecular complexity index is 708. The number of hydrogen-bond donors (Lipinski definition) is 2. The van der Waals surface area contributed by atoms with Gasteiger partial charge in [0.05, 0.1) is 22.9 Å². The molecule has 0 aliphatic carbocycles. The van der Waals surface area contributed by atoms with Crippen molar-refractivity contribution >= 4 is 36.7 Å². The Kier molecular flexibility index (Phi) is 3.87. The lowest BCUT2D eigenvalue weighted by Gasteiger charge is -2.32. The van der Waals surface area contributed by atoms with Crippen LogP contribution in [0, 0.1) is 0 Å². The smallest absolute Gasteiger partial charge is 0.400 e. The molecule has 116 valence electrons. The van der Waals surface area contributed by atoms with Gasteiger partial charge in [0, 0.05) is 11.1 Å². The molecule has 4 nitrogen and oxygen atoms in total. The van der Waals surface area contributed by atoms with E-state index in [-0.39, 0.29) is 18.3 Å². The molecule has 6 heteroatoms. The summed E-state index contributed by atoms with van der Waals surface area (Å²) in [4.78, 5) is 0. The predicted octanol–water partition coefficient (Wildman–Crippen LogP) is 3.51. The van der Waals surface area contributed by atoms with Crippen molar-refractivity contribution in [1.29, 1.82) is 0 Å². The van der Waals surface area contributed by atoms with E-state index >= 15 is 0 Å². The van der Waals surface area contributed by atoms with E-state index in [2.05, 4.69) is 62.7 Å². The number of nitrogens with one attached hydrogen (secondary N) is 1. The first kappa shape index (κ1) is 15.7. The largest absolute Gasteiger partial charge is 0.491 e. The summed E-state index contributed by atoms with van der Waals surface area (Å²) in [6, 6.07) is 6.10. The van der Waals surface area contributed by atoms with Crippen molar-refractivity contribution in [3.63, 3.8) is 0 Å². The van der Waals surface area contributed by atoms with E-state index in [9.17, 15) is 0 Å². The van der Waals surface area contributed by atoms with E-state index in [4.69, 9.17) is 9.31 Å². The molecule has 0 spiro atoms. The fraction of sp³-hybridized carbons (Fsp3) is 0.438. The molecule has 22 heavy (non-hydrogen) atoms. The zero-order valence-electron chi connectivity index (χ0n) is 13.4. The number of benzene rings is 1. The highest BCUT2D eigenvalue weighted by atomic mass is 32.1. The topological polar surface area (TPSA) is 47.1 Å². The van der Waals surface area contributed by atoms with E-state index in [0.29, 0.717) is 5.75 Å². The number of hydrogen-bond acceptors (Lipinski definition) is 4. The lowest BCUT2D eigenvalue weighted by Crippen LogP contribution is -2.41. The fourth-order valence-corrected chi connectivity index (χ4v) is 2.73. The van der Waals surface area contributed by atoms with Crippen molar-refractivity contribution in [2.45, 2.75) is 38.9 Å². The highest BCUT2D eigenvalue weighted by Crippen LogP contribution is 2.39. The van der Waals surface area contributed by atoms with Gasteiger partial charge >= 0.3 is 7.12 Å². The summed E-state index contributed by atoms with van der Waals surface area (Å²) in [5, 5.41) is 8.23. The minimum atomic E-state index is -0.374. The average Bonchev–Trinajstić information content (AvgIpc) is 2.99. The van der Waals surface area contributed by atoms with Crippen LogP contribution in [0.15, 0.2) is 29.9 Å².